The van der Waals surface area contributed by atoms with Gasteiger partial charge in [-0.2, -0.15) is 0 Å². The number of likely N-dealkylation sites (tertiary alicyclic amines) is 1. The molecular formula is C17H25NO. The highest BCUT2D eigenvalue weighted by Gasteiger charge is 2.20. The molecule has 1 aliphatic rings. The Hall–Kier alpha value is -1.31. The van der Waals surface area contributed by atoms with Crippen LogP contribution in [0.25, 0.3) is 0 Å². The second-order valence-electron chi connectivity index (χ2n) is 5.76. The number of nitrogens with zero attached hydrogens (tertiary/aromatic N) is 1. The summed E-state index contributed by atoms with van der Waals surface area (Å²) in [6, 6.07) is 8.65. The van der Waals surface area contributed by atoms with Gasteiger partial charge in [-0.05, 0) is 42.7 Å². The van der Waals surface area contributed by atoms with E-state index in [4.69, 9.17) is 0 Å². The molecule has 0 unspecified atom stereocenters. The highest BCUT2D eigenvalue weighted by atomic mass is 16.2. The number of benzene rings is 1. The minimum atomic E-state index is 0.325. The van der Waals surface area contributed by atoms with Crippen molar-refractivity contribution in [1.82, 2.24) is 4.90 Å². The Bertz CT molecular complexity index is 410. The molecule has 0 saturated carbocycles. The molecule has 19 heavy (non-hydrogen) atoms. The van der Waals surface area contributed by atoms with E-state index < -0.39 is 0 Å². The summed E-state index contributed by atoms with van der Waals surface area (Å²) in [5, 5.41) is 0. The third kappa shape index (κ3) is 4.09. The van der Waals surface area contributed by atoms with Crippen LogP contribution in [-0.2, 0) is 17.6 Å². The summed E-state index contributed by atoms with van der Waals surface area (Å²) in [4.78, 5) is 14.2. The molecule has 1 heterocycles. The van der Waals surface area contributed by atoms with Crippen molar-refractivity contribution in [1.29, 1.82) is 0 Å². The molecule has 1 aromatic carbocycles. The molecule has 0 bridgehead atoms. The number of hydrogen-bond donors (Lipinski definition) is 0. The second-order valence-corrected chi connectivity index (χ2v) is 5.76. The van der Waals surface area contributed by atoms with Crippen LogP contribution in [0, 0.1) is 5.92 Å². The largest absolute Gasteiger partial charge is 0.342 e. The minimum Gasteiger partial charge on any atom is -0.342 e. The summed E-state index contributed by atoms with van der Waals surface area (Å²) >= 11 is 0. The molecule has 1 saturated heterocycles. The van der Waals surface area contributed by atoms with E-state index >= 15 is 0 Å². The monoisotopic (exact) mass is 259 g/mol. The topological polar surface area (TPSA) is 20.3 Å². The number of carbonyl (C=O) groups excluding carboxylic acids is 1. The molecule has 2 nitrogen and oxygen atoms in total. The fourth-order valence-corrected chi connectivity index (χ4v) is 2.77. The van der Waals surface area contributed by atoms with E-state index in [-0.39, 0.29) is 0 Å². The molecule has 1 aliphatic heterocycles. The first kappa shape index (κ1) is 14.1. The third-order valence-electron chi connectivity index (χ3n) is 4.07. The molecule has 1 atom stereocenters. The maximum Gasteiger partial charge on any atom is 0.222 e. The van der Waals surface area contributed by atoms with Crippen molar-refractivity contribution in [3.05, 3.63) is 35.4 Å². The molecular weight excluding hydrogens is 234 g/mol. The molecule has 0 spiro atoms. The van der Waals surface area contributed by atoms with Crippen molar-refractivity contribution in [3.8, 4) is 0 Å². The van der Waals surface area contributed by atoms with E-state index in [2.05, 4.69) is 43.0 Å². The average molecular weight is 259 g/mol. The van der Waals surface area contributed by atoms with Crippen LogP contribution in [0.5, 0.6) is 0 Å². The normalized spacial score (nSPS) is 19.5. The Morgan fingerprint density at radius 2 is 1.95 bits per heavy atom. The van der Waals surface area contributed by atoms with Crippen molar-refractivity contribution in [2.45, 2.75) is 46.0 Å². The second kappa shape index (κ2) is 6.74. The lowest BCUT2D eigenvalue weighted by Gasteiger charge is -2.31. The van der Waals surface area contributed by atoms with E-state index in [1.54, 1.807) is 0 Å². The first-order valence-electron chi connectivity index (χ1n) is 7.54. The SMILES string of the molecule is CCc1ccc(CCC(=O)N2CCC[C@H](C)C2)cc1. The Morgan fingerprint density at radius 1 is 1.26 bits per heavy atom. The van der Waals surface area contributed by atoms with Gasteiger partial charge in [0.15, 0.2) is 0 Å². The average Bonchev–Trinajstić information content (AvgIpc) is 2.45. The summed E-state index contributed by atoms with van der Waals surface area (Å²) in [6.07, 6.45) is 5.02. The van der Waals surface area contributed by atoms with Gasteiger partial charge in [-0.3, -0.25) is 4.79 Å². The predicted molar refractivity (Wildman–Crippen MR) is 79.1 cm³/mol. The summed E-state index contributed by atoms with van der Waals surface area (Å²) in [5.74, 6) is 0.993. The van der Waals surface area contributed by atoms with Gasteiger partial charge >= 0.3 is 0 Å². The van der Waals surface area contributed by atoms with Gasteiger partial charge in [0.2, 0.25) is 5.91 Å². The lowest BCUT2D eigenvalue weighted by molar-refractivity contribution is -0.132. The molecule has 0 N–H and O–H groups in total. The van der Waals surface area contributed by atoms with Gasteiger partial charge in [-0.25, -0.2) is 0 Å². The molecule has 1 amide bonds. The first-order chi connectivity index (χ1) is 9.19. The van der Waals surface area contributed by atoms with Crippen LogP contribution < -0.4 is 0 Å². The zero-order chi connectivity index (χ0) is 13.7. The lowest BCUT2D eigenvalue weighted by atomic mass is 9.99. The fraction of sp³-hybridized carbons (Fsp3) is 0.588. The fourth-order valence-electron chi connectivity index (χ4n) is 2.77. The van der Waals surface area contributed by atoms with E-state index in [0.717, 1.165) is 32.4 Å². The molecule has 2 rings (SSSR count). The molecule has 1 fully saturated rings. The van der Waals surface area contributed by atoms with Crippen molar-refractivity contribution < 1.29 is 4.79 Å². The van der Waals surface area contributed by atoms with Crippen LogP contribution in [0.4, 0.5) is 0 Å². The number of hydrogen-bond acceptors (Lipinski definition) is 1. The molecule has 0 aliphatic carbocycles. The van der Waals surface area contributed by atoms with Gasteiger partial charge in [0.1, 0.15) is 0 Å². The highest BCUT2D eigenvalue weighted by molar-refractivity contribution is 5.76. The Balaban J connectivity index is 1.82. The maximum absolute atomic E-state index is 12.2. The standard InChI is InChI=1S/C17H25NO/c1-3-15-6-8-16(9-7-15)10-11-17(19)18-12-4-5-14(2)13-18/h6-9,14H,3-5,10-13H2,1-2H3/t14-/m0/s1. The van der Waals surface area contributed by atoms with Crippen LogP contribution in [0.3, 0.4) is 0 Å². The van der Waals surface area contributed by atoms with Crippen molar-refractivity contribution >= 4 is 5.91 Å². The number of aryl methyl sites for hydroxylation is 2. The summed E-state index contributed by atoms with van der Waals surface area (Å²) in [6.45, 7) is 6.31. The van der Waals surface area contributed by atoms with Crippen molar-refractivity contribution in [2.24, 2.45) is 5.92 Å². The lowest BCUT2D eigenvalue weighted by Crippen LogP contribution is -2.39. The maximum atomic E-state index is 12.2. The Morgan fingerprint density at radius 3 is 2.58 bits per heavy atom. The number of piperidine rings is 1. The quantitative estimate of drug-likeness (QED) is 0.811. The van der Waals surface area contributed by atoms with Gasteiger partial charge in [-0.1, -0.05) is 38.1 Å². The number of amides is 1. The molecule has 0 aromatic heterocycles. The van der Waals surface area contributed by atoms with Gasteiger partial charge in [0.05, 0.1) is 0 Å². The van der Waals surface area contributed by atoms with Gasteiger partial charge in [0.25, 0.3) is 0 Å². The first-order valence-corrected chi connectivity index (χ1v) is 7.54. The van der Waals surface area contributed by atoms with Crippen molar-refractivity contribution in [3.63, 3.8) is 0 Å². The van der Waals surface area contributed by atoms with E-state index in [1.807, 2.05) is 0 Å². The van der Waals surface area contributed by atoms with Gasteiger partial charge in [0, 0.05) is 19.5 Å². The number of rotatable bonds is 4. The summed E-state index contributed by atoms with van der Waals surface area (Å²) in [7, 11) is 0. The van der Waals surface area contributed by atoms with E-state index in [1.165, 1.54) is 17.5 Å². The van der Waals surface area contributed by atoms with Gasteiger partial charge in [-0.15, -0.1) is 0 Å². The van der Waals surface area contributed by atoms with E-state index in [0.29, 0.717) is 18.2 Å². The van der Waals surface area contributed by atoms with Crippen LogP contribution in [0.2, 0.25) is 0 Å². The molecule has 0 radical (unpaired) electrons. The minimum absolute atomic E-state index is 0.325. The third-order valence-corrected chi connectivity index (χ3v) is 4.07. The smallest absolute Gasteiger partial charge is 0.222 e. The van der Waals surface area contributed by atoms with Crippen LogP contribution in [-0.4, -0.2) is 23.9 Å². The zero-order valence-electron chi connectivity index (χ0n) is 12.2. The van der Waals surface area contributed by atoms with Crippen LogP contribution >= 0.6 is 0 Å². The molecule has 1 aromatic rings. The Kier molecular flexibility index (Phi) is 5.00. The van der Waals surface area contributed by atoms with Crippen LogP contribution in [0.1, 0.15) is 44.2 Å². The van der Waals surface area contributed by atoms with Gasteiger partial charge < -0.3 is 4.90 Å². The van der Waals surface area contributed by atoms with Crippen molar-refractivity contribution in [2.75, 3.05) is 13.1 Å². The predicted octanol–water partition coefficient (Wildman–Crippen LogP) is 3.44. The Labute approximate surface area is 116 Å². The molecule has 104 valence electrons. The zero-order valence-corrected chi connectivity index (χ0v) is 12.2. The number of carbonyl (C=O) groups is 1. The highest BCUT2D eigenvalue weighted by Crippen LogP contribution is 2.17. The summed E-state index contributed by atoms with van der Waals surface area (Å²) < 4.78 is 0. The van der Waals surface area contributed by atoms with E-state index in [9.17, 15) is 4.79 Å². The van der Waals surface area contributed by atoms with Crippen LogP contribution in [0.15, 0.2) is 24.3 Å². The molecule has 2 heteroatoms. The summed E-state index contributed by atoms with van der Waals surface area (Å²) in [5.41, 5.74) is 2.63.